The lowest BCUT2D eigenvalue weighted by Crippen LogP contribution is -2.29. The zero-order valence-electron chi connectivity index (χ0n) is 17.4. The quantitative estimate of drug-likeness (QED) is 0.629. The zero-order valence-corrected chi connectivity index (χ0v) is 17.4. The molecule has 0 spiro atoms. The van der Waals surface area contributed by atoms with E-state index in [2.05, 4.69) is 20.4 Å². The van der Waals surface area contributed by atoms with Crippen molar-refractivity contribution < 1.29 is 22.7 Å². The number of alkyl halides is 3. The van der Waals surface area contributed by atoms with Crippen LogP contribution in [0.3, 0.4) is 0 Å². The Hall–Kier alpha value is -3.43. The highest BCUT2D eigenvalue weighted by Crippen LogP contribution is 2.32. The van der Waals surface area contributed by atoms with Crippen molar-refractivity contribution >= 4 is 5.91 Å². The molecule has 4 heterocycles. The van der Waals surface area contributed by atoms with Crippen LogP contribution < -0.4 is 10.1 Å². The number of carbonyl (C=O) groups excluding carboxylic acids is 1. The summed E-state index contributed by atoms with van der Waals surface area (Å²) in [5.74, 6) is 0.0873. The van der Waals surface area contributed by atoms with Gasteiger partial charge in [-0.15, -0.1) is 0 Å². The fraction of sp³-hybridized carbons (Fsp3) is 0.364. The minimum atomic E-state index is -4.53. The van der Waals surface area contributed by atoms with Gasteiger partial charge in [-0.3, -0.25) is 14.5 Å². The van der Waals surface area contributed by atoms with Crippen LogP contribution in [0.1, 0.15) is 54.0 Å². The van der Waals surface area contributed by atoms with Gasteiger partial charge in [0.15, 0.2) is 0 Å². The monoisotopic (exact) mass is 445 g/mol. The van der Waals surface area contributed by atoms with Gasteiger partial charge < -0.3 is 10.1 Å². The summed E-state index contributed by atoms with van der Waals surface area (Å²) in [5, 5.41) is 7.54. The number of hydrogen-bond acceptors (Lipinski definition) is 5. The van der Waals surface area contributed by atoms with E-state index in [1.54, 1.807) is 22.9 Å². The minimum absolute atomic E-state index is 0.280. The van der Waals surface area contributed by atoms with Crippen LogP contribution in [-0.2, 0) is 12.7 Å². The van der Waals surface area contributed by atoms with E-state index in [4.69, 9.17) is 4.74 Å². The topological polar surface area (TPSA) is 81.9 Å². The molecule has 10 heteroatoms. The normalized spacial score (nSPS) is 16.2. The smallest absolute Gasteiger partial charge is 0.433 e. The van der Waals surface area contributed by atoms with E-state index in [-0.39, 0.29) is 11.9 Å². The Balaban J connectivity index is 1.60. The molecule has 1 aliphatic heterocycles. The van der Waals surface area contributed by atoms with Crippen molar-refractivity contribution in [2.75, 3.05) is 6.61 Å². The average molecular weight is 445 g/mol. The molecule has 0 bridgehead atoms. The van der Waals surface area contributed by atoms with Crippen LogP contribution in [-0.4, -0.2) is 32.3 Å². The number of carbonyl (C=O) groups is 1. The van der Waals surface area contributed by atoms with Crippen LogP contribution >= 0.6 is 0 Å². The first-order chi connectivity index (χ1) is 15.3. The summed E-state index contributed by atoms with van der Waals surface area (Å²) in [7, 11) is 0. The summed E-state index contributed by atoms with van der Waals surface area (Å²) >= 11 is 0. The molecule has 0 fully saturated rings. The van der Waals surface area contributed by atoms with E-state index in [1.165, 1.54) is 12.3 Å². The highest BCUT2D eigenvalue weighted by molar-refractivity contribution is 5.94. The largest absolute Gasteiger partial charge is 0.478 e. The third kappa shape index (κ3) is 4.74. The van der Waals surface area contributed by atoms with E-state index in [1.807, 2.05) is 6.92 Å². The average Bonchev–Trinajstić information content (AvgIpc) is 3.11. The van der Waals surface area contributed by atoms with Gasteiger partial charge in [-0.25, -0.2) is 4.98 Å². The van der Waals surface area contributed by atoms with E-state index < -0.39 is 11.9 Å². The van der Waals surface area contributed by atoms with Crippen LogP contribution in [0.25, 0.3) is 11.3 Å². The van der Waals surface area contributed by atoms with E-state index in [0.717, 1.165) is 30.8 Å². The predicted molar refractivity (Wildman–Crippen MR) is 110 cm³/mol. The molecule has 7 nitrogen and oxygen atoms in total. The predicted octanol–water partition coefficient (Wildman–Crippen LogP) is 4.41. The van der Waals surface area contributed by atoms with Gasteiger partial charge in [0, 0.05) is 36.1 Å². The molecule has 168 valence electrons. The Labute approximate surface area is 182 Å². The van der Waals surface area contributed by atoms with Gasteiger partial charge in [-0.05, 0) is 50.5 Å². The summed E-state index contributed by atoms with van der Waals surface area (Å²) in [4.78, 5) is 20.3. The first kappa shape index (κ1) is 21.8. The number of nitrogens with zero attached hydrogens (tertiary/aromatic N) is 4. The molecule has 1 N–H and O–H groups in total. The second-order valence-electron chi connectivity index (χ2n) is 7.44. The Bertz CT molecular complexity index is 1110. The van der Waals surface area contributed by atoms with Crippen LogP contribution in [0.2, 0.25) is 0 Å². The number of rotatable bonds is 5. The van der Waals surface area contributed by atoms with Gasteiger partial charge in [-0.1, -0.05) is 0 Å². The van der Waals surface area contributed by atoms with E-state index in [0.29, 0.717) is 42.3 Å². The number of amides is 1. The molecule has 0 aromatic carbocycles. The standard InChI is InChI=1S/C22H22F3N5O2/c1-2-32-20-12-15(7-9-27-20)21(31)28-16-5-3-4-10-30-18(16)13-17(29-30)14-6-8-26-19(11-14)22(23,24)25/h6-9,11-13,16H,2-5,10H2,1H3,(H,28,31)/t16-/m1/s1. The Morgan fingerprint density at radius 1 is 1.19 bits per heavy atom. The highest BCUT2D eigenvalue weighted by Gasteiger charge is 2.33. The third-order valence-corrected chi connectivity index (χ3v) is 5.22. The number of ether oxygens (including phenoxy) is 1. The molecule has 0 saturated heterocycles. The number of halogens is 3. The maximum Gasteiger partial charge on any atom is 0.433 e. The molecule has 1 atom stereocenters. The second kappa shape index (κ2) is 8.97. The van der Waals surface area contributed by atoms with Crippen molar-refractivity contribution in [1.29, 1.82) is 0 Å². The molecule has 0 aliphatic carbocycles. The summed E-state index contributed by atoms with van der Waals surface area (Å²) in [6.45, 7) is 2.90. The van der Waals surface area contributed by atoms with Gasteiger partial charge >= 0.3 is 6.18 Å². The number of hydrogen-bond donors (Lipinski definition) is 1. The van der Waals surface area contributed by atoms with Gasteiger partial charge in [0.1, 0.15) is 5.69 Å². The summed E-state index contributed by atoms with van der Waals surface area (Å²) < 4.78 is 46.3. The molecule has 32 heavy (non-hydrogen) atoms. The number of nitrogens with one attached hydrogen (secondary N) is 1. The maximum absolute atomic E-state index is 13.1. The van der Waals surface area contributed by atoms with Crippen molar-refractivity contribution in [3.8, 4) is 17.1 Å². The van der Waals surface area contributed by atoms with Crippen LogP contribution in [0.5, 0.6) is 5.88 Å². The number of aromatic nitrogens is 4. The van der Waals surface area contributed by atoms with Crippen LogP contribution in [0.15, 0.2) is 42.7 Å². The Morgan fingerprint density at radius 3 is 2.78 bits per heavy atom. The van der Waals surface area contributed by atoms with Crippen molar-refractivity contribution in [3.63, 3.8) is 0 Å². The lowest BCUT2D eigenvalue weighted by molar-refractivity contribution is -0.141. The van der Waals surface area contributed by atoms with E-state index in [9.17, 15) is 18.0 Å². The maximum atomic E-state index is 13.1. The Morgan fingerprint density at radius 2 is 2.00 bits per heavy atom. The van der Waals surface area contributed by atoms with Crippen molar-refractivity contribution in [2.45, 2.75) is 44.9 Å². The molecule has 3 aromatic rings. The lowest BCUT2D eigenvalue weighted by atomic mass is 10.1. The van der Waals surface area contributed by atoms with Gasteiger partial charge in [-0.2, -0.15) is 18.3 Å². The first-order valence-electron chi connectivity index (χ1n) is 10.4. The first-order valence-corrected chi connectivity index (χ1v) is 10.4. The van der Waals surface area contributed by atoms with Gasteiger partial charge in [0.2, 0.25) is 5.88 Å². The summed E-state index contributed by atoms with van der Waals surface area (Å²) in [6, 6.07) is 7.09. The summed E-state index contributed by atoms with van der Waals surface area (Å²) in [5.41, 5.74) is 0.953. The number of fused-ring (bicyclic) bond motifs is 1. The fourth-order valence-corrected chi connectivity index (χ4v) is 3.70. The summed E-state index contributed by atoms with van der Waals surface area (Å²) in [6.07, 6.45) is 0.545. The molecular formula is C22H22F3N5O2. The van der Waals surface area contributed by atoms with Gasteiger partial charge in [0.05, 0.1) is 24.0 Å². The number of aryl methyl sites for hydroxylation is 1. The zero-order chi connectivity index (χ0) is 22.7. The minimum Gasteiger partial charge on any atom is -0.478 e. The molecular weight excluding hydrogens is 423 g/mol. The van der Waals surface area contributed by atoms with Crippen LogP contribution in [0.4, 0.5) is 13.2 Å². The van der Waals surface area contributed by atoms with Crippen LogP contribution in [0, 0.1) is 0 Å². The molecule has 1 amide bonds. The van der Waals surface area contributed by atoms with Gasteiger partial charge in [0.25, 0.3) is 5.91 Å². The van der Waals surface area contributed by atoms with Crippen molar-refractivity contribution in [2.24, 2.45) is 0 Å². The SMILES string of the molecule is CCOc1cc(C(=O)N[C@@H]2CCCCn3nc(-c4ccnc(C(F)(F)F)c4)cc32)ccn1. The molecule has 0 saturated carbocycles. The number of pyridine rings is 2. The molecule has 0 radical (unpaired) electrons. The second-order valence-corrected chi connectivity index (χ2v) is 7.44. The third-order valence-electron chi connectivity index (χ3n) is 5.22. The Kier molecular flexibility index (Phi) is 6.11. The molecule has 3 aromatic heterocycles. The molecule has 1 aliphatic rings. The lowest BCUT2D eigenvalue weighted by Gasteiger charge is -2.17. The highest BCUT2D eigenvalue weighted by atomic mass is 19.4. The molecule has 4 rings (SSSR count). The fourth-order valence-electron chi connectivity index (χ4n) is 3.70. The van der Waals surface area contributed by atoms with Crippen molar-refractivity contribution in [1.82, 2.24) is 25.1 Å². The van der Waals surface area contributed by atoms with E-state index >= 15 is 0 Å². The van der Waals surface area contributed by atoms with Crippen molar-refractivity contribution in [3.05, 3.63) is 59.7 Å². The molecule has 0 unspecified atom stereocenters.